The van der Waals surface area contributed by atoms with Crippen molar-refractivity contribution in [2.24, 2.45) is 0 Å². The van der Waals surface area contributed by atoms with Crippen molar-refractivity contribution in [1.29, 1.82) is 0 Å². The smallest absolute Gasteiger partial charge is 0.253 e. The first-order chi connectivity index (χ1) is 14.1. The monoisotopic (exact) mass is 399 g/mol. The third kappa shape index (κ3) is 4.25. The zero-order valence-corrected chi connectivity index (χ0v) is 17.2. The van der Waals surface area contributed by atoms with Crippen LogP contribution in [0.2, 0.25) is 0 Å². The fourth-order valence-electron chi connectivity index (χ4n) is 3.04. The highest BCUT2D eigenvalue weighted by molar-refractivity contribution is 7.22. The summed E-state index contributed by atoms with van der Waals surface area (Å²) in [5.41, 5.74) is 5.10. The van der Waals surface area contributed by atoms with E-state index in [0.717, 1.165) is 27.0 Å². The summed E-state index contributed by atoms with van der Waals surface area (Å²) in [6, 6.07) is 19.7. The van der Waals surface area contributed by atoms with Gasteiger partial charge in [-0.1, -0.05) is 53.8 Å². The maximum atomic E-state index is 13.1. The molecule has 0 unspecified atom stereocenters. The zero-order chi connectivity index (χ0) is 20.2. The molecule has 4 aromatic rings. The molecule has 0 radical (unpaired) electrons. The summed E-state index contributed by atoms with van der Waals surface area (Å²) in [6.07, 6.45) is 5.17. The molecule has 1 amide bonds. The van der Waals surface area contributed by atoms with Gasteiger partial charge >= 0.3 is 0 Å². The van der Waals surface area contributed by atoms with Crippen molar-refractivity contribution in [3.8, 4) is 0 Å². The number of rotatable bonds is 5. The number of thiazole rings is 1. The van der Waals surface area contributed by atoms with Crippen LogP contribution in [0.5, 0.6) is 0 Å². The molecule has 5 heteroatoms. The second-order valence-electron chi connectivity index (χ2n) is 6.84. The number of aromatic nitrogens is 2. The van der Waals surface area contributed by atoms with Gasteiger partial charge in [0.25, 0.3) is 5.91 Å². The van der Waals surface area contributed by atoms with Crippen molar-refractivity contribution in [2.75, 3.05) is 4.90 Å². The van der Waals surface area contributed by atoms with Crippen molar-refractivity contribution in [3.05, 3.63) is 95.3 Å². The number of hydrogen-bond acceptors (Lipinski definition) is 4. The molecule has 0 aliphatic rings. The van der Waals surface area contributed by atoms with E-state index in [1.807, 2.05) is 54.6 Å². The van der Waals surface area contributed by atoms with E-state index in [0.29, 0.717) is 11.7 Å². The SMILES string of the molecule is Cc1ccc2sc(N(Cc3ccccn3)C(=O)/C=C/c3ccccc3)nc2c1C. The first-order valence-corrected chi connectivity index (χ1v) is 10.2. The zero-order valence-electron chi connectivity index (χ0n) is 16.4. The first kappa shape index (κ1) is 19.0. The topological polar surface area (TPSA) is 46.1 Å². The lowest BCUT2D eigenvalue weighted by Gasteiger charge is -2.17. The predicted molar refractivity (Wildman–Crippen MR) is 120 cm³/mol. The maximum absolute atomic E-state index is 13.1. The minimum atomic E-state index is -0.118. The summed E-state index contributed by atoms with van der Waals surface area (Å²) in [5.74, 6) is -0.118. The summed E-state index contributed by atoms with van der Waals surface area (Å²) in [4.78, 5) is 24.0. The van der Waals surface area contributed by atoms with Crippen molar-refractivity contribution in [1.82, 2.24) is 9.97 Å². The van der Waals surface area contributed by atoms with E-state index >= 15 is 0 Å². The van der Waals surface area contributed by atoms with Crippen LogP contribution in [0.15, 0.2) is 72.9 Å². The molecule has 2 aromatic heterocycles. The van der Waals surface area contributed by atoms with E-state index in [2.05, 4.69) is 31.0 Å². The minimum Gasteiger partial charge on any atom is -0.278 e. The molecule has 0 N–H and O–H groups in total. The standard InChI is InChI=1S/C24H21N3OS/c1-17-11-13-21-23(18(17)2)26-24(29-21)27(16-20-10-6-7-15-25-20)22(28)14-12-19-8-4-3-5-9-19/h3-15H,16H2,1-2H3/b14-12+. The predicted octanol–water partition coefficient (Wildman–Crippen LogP) is 5.55. The first-order valence-electron chi connectivity index (χ1n) is 9.43. The summed E-state index contributed by atoms with van der Waals surface area (Å²) in [7, 11) is 0. The summed E-state index contributed by atoms with van der Waals surface area (Å²) in [6.45, 7) is 4.52. The average Bonchev–Trinajstić information content (AvgIpc) is 3.19. The number of carbonyl (C=O) groups excluding carboxylic acids is 1. The second-order valence-corrected chi connectivity index (χ2v) is 7.85. The number of nitrogens with zero attached hydrogens (tertiary/aromatic N) is 3. The van der Waals surface area contributed by atoms with Gasteiger partial charge in [0, 0.05) is 12.3 Å². The van der Waals surface area contributed by atoms with Crippen LogP contribution in [-0.2, 0) is 11.3 Å². The number of amides is 1. The molecule has 0 saturated heterocycles. The third-order valence-electron chi connectivity index (χ3n) is 4.83. The fourth-order valence-corrected chi connectivity index (χ4v) is 4.07. The highest BCUT2D eigenvalue weighted by Crippen LogP contribution is 2.32. The lowest BCUT2D eigenvalue weighted by atomic mass is 10.1. The van der Waals surface area contributed by atoms with Crippen molar-refractivity contribution in [3.63, 3.8) is 0 Å². The Morgan fingerprint density at radius 3 is 2.59 bits per heavy atom. The summed E-state index contributed by atoms with van der Waals surface area (Å²) in [5, 5.41) is 0.682. The van der Waals surface area contributed by atoms with Crippen molar-refractivity contribution in [2.45, 2.75) is 20.4 Å². The molecule has 0 atom stereocenters. The Hall–Kier alpha value is -3.31. The van der Waals surface area contributed by atoms with Gasteiger partial charge in [-0.2, -0.15) is 0 Å². The summed E-state index contributed by atoms with van der Waals surface area (Å²) >= 11 is 1.53. The highest BCUT2D eigenvalue weighted by atomic mass is 32.1. The molecule has 144 valence electrons. The number of pyridine rings is 1. The highest BCUT2D eigenvalue weighted by Gasteiger charge is 2.19. The fraction of sp³-hybridized carbons (Fsp3) is 0.125. The van der Waals surface area contributed by atoms with Crippen LogP contribution in [0.3, 0.4) is 0 Å². The molecule has 2 heterocycles. The Labute approximate surface area is 174 Å². The minimum absolute atomic E-state index is 0.118. The molecule has 0 aliphatic carbocycles. The van der Waals surface area contributed by atoms with Crippen LogP contribution in [0.25, 0.3) is 16.3 Å². The van der Waals surface area contributed by atoms with Gasteiger partial charge in [0.15, 0.2) is 5.13 Å². The van der Waals surface area contributed by atoms with Crippen LogP contribution in [-0.4, -0.2) is 15.9 Å². The van der Waals surface area contributed by atoms with Crippen molar-refractivity contribution >= 4 is 38.7 Å². The third-order valence-corrected chi connectivity index (χ3v) is 5.88. The normalized spacial score (nSPS) is 11.2. The number of fused-ring (bicyclic) bond motifs is 1. The largest absolute Gasteiger partial charge is 0.278 e. The number of anilines is 1. The summed E-state index contributed by atoms with van der Waals surface area (Å²) < 4.78 is 1.08. The van der Waals surface area contributed by atoms with Gasteiger partial charge in [-0.3, -0.25) is 14.7 Å². The molecule has 0 saturated carbocycles. The molecule has 0 fully saturated rings. The Morgan fingerprint density at radius 2 is 1.83 bits per heavy atom. The second kappa shape index (κ2) is 8.37. The van der Waals surface area contributed by atoms with E-state index in [4.69, 9.17) is 4.98 Å². The molecule has 4 nitrogen and oxygen atoms in total. The molecule has 2 aromatic carbocycles. The molecule has 0 spiro atoms. The van der Waals surface area contributed by atoms with Crippen LogP contribution in [0.4, 0.5) is 5.13 Å². The number of benzene rings is 2. The van der Waals surface area contributed by atoms with Gasteiger partial charge in [0.1, 0.15) is 0 Å². The average molecular weight is 400 g/mol. The molecular weight excluding hydrogens is 378 g/mol. The Bertz CT molecular complexity index is 1170. The number of carbonyl (C=O) groups is 1. The van der Waals surface area contributed by atoms with E-state index in [9.17, 15) is 4.79 Å². The van der Waals surface area contributed by atoms with E-state index in [1.165, 1.54) is 16.9 Å². The lowest BCUT2D eigenvalue weighted by Crippen LogP contribution is -2.29. The van der Waals surface area contributed by atoms with Gasteiger partial charge in [0.2, 0.25) is 0 Å². The Balaban J connectivity index is 1.71. The lowest BCUT2D eigenvalue weighted by molar-refractivity contribution is -0.114. The van der Waals surface area contributed by atoms with E-state index in [-0.39, 0.29) is 5.91 Å². The van der Waals surface area contributed by atoms with Crippen molar-refractivity contribution < 1.29 is 4.79 Å². The quantitative estimate of drug-likeness (QED) is 0.413. The van der Waals surface area contributed by atoms with Gasteiger partial charge < -0.3 is 0 Å². The van der Waals surface area contributed by atoms with Crippen LogP contribution < -0.4 is 4.90 Å². The van der Waals surface area contributed by atoms with Crippen LogP contribution >= 0.6 is 11.3 Å². The van der Waals surface area contributed by atoms with Gasteiger partial charge in [-0.25, -0.2) is 4.98 Å². The van der Waals surface area contributed by atoms with E-state index < -0.39 is 0 Å². The van der Waals surface area contributed by atoms with Crippen LogP contribution in [0, 0.1) is 13.8 Å². The Kier molecular flexibility index (Phi) is 5.49. The van der Waals surface area contributed by atoms with Gasteiger partial charge in [0.05, 0.1) is 22.5 Å². The van der Waals surface area contributed by atoms with Crippen LogP contribution in [0.1, 0.15) is 22.4 Å². The Morgan fingerprint density at radius 1 is 1.03 bits per heavy atom. The molecule has 0 bridgehead atoms. The number of hydrogen-bond donors (Lipinski definition) is 0. The maximum Gasteiger partial charge on any atom is 0.253 e. The molecule has 0 aliphatic heterocycles. The molecule has 4 rings (SSSR count). The van der Waals surface area contributed by atoms with Gasteiger partial charge in [-0.05, 0) is 54.8 Å². The van der Waals surface area contributed by atoms with Gasteiger partial charge in [-0.15, -0.1) is 0 Å². The molecule has 29 heavy (non-hydrogen) atoms. The molecular formula is C24H21N3OS. The van der Waals surface area contributed by atoms with E-state index in [1.54, 1.807) is 17.2 Å². The number of aryl methyl sites for hydroxylation is 2.